The van der Waals surface area contributed by atoms with Crippen molar-refractivity contribution in [3.05, 3.63) is 149 Å². The standard InChI is InChI=1S/C19H21N5O9S2.C15H18N2O5.C12H12N2O4.C10H13N3O4S.C10H10N2O3.C9H9BN2O5S.C6H5NO3S.C4H10N2O2.2ClH.Na/c1-8(25)21-2-3-32-23-14(11-6-34-18(20)22-11)12(26)5-10-15(28)24-16(10)35(31)7-9-4-13(27)33-19(9,24)17(29)30;1-15(2,3)22-14(20)16-8-9-21-17-12(18)10-6-4-5-7-11(10)13(17)19;1-8(15)13-6-7-18-14-11(16)9-4-2-3-5-10(9)12(14)17;1-6(14)11-3-4-17-13-9(10(15)16)8-5-18-7(2)12-8;11-5-6-15-12-9(13)7-3-1-2-4-8(7)10(12)14;10-17-8(15)9-3(1-4(13)16-9)2-18-7-5(11)6(14)12(7)9;1-3-7-4(2-11-3)5(8)6(9)10;1-4(7)6-2-3-8-5;;;/h6,9-10,16H,2-5,7H2,1H3,(H2,20,22)(H,21,25)(H,29,30);4-7H,8-9H2,1-3H3,(H,16,20);2-5H,6-7H2,1H3,(H,13,15);5H,3-4H2,1-2H3,(H,11,14)(H,15,16);1-4H,5-6,11H2;3,5,7H,1-2,11H2;2H,1H3,(H,9,10);2-3,5H2,1H3,(H,6,7);2*1H;/q;;;;;;;;;;+1/p-1/b23-14-;;;13-9-;;;;;;;/t9-,10+,16+,19+,35-;;;;;3-,5+,7+,9+;;;;;/m0....0...../s1. The number of nitrogens with two attached hydrogens (primary N) is 3. The van der Waals surface area contributed by atoms with E-state index in [4.69, 9.17) is 68.1 Å². The van der Waals surface area contributed by atoms with E-state index in [-0.39, 0.29) is 195 Å². The number of Topliss-reactive ketones (excluding diaryl/α,β-unsaturated/α-hetero) is 2. The molecule has 3 aromatic heterocycles. The van der Waals surface area contributed by atoms with Gasteiger partial charge in [0.15, 0.2) is 16.6 Å². The van der Waals surface area contributed by atoms with Gasteiger partial charge in [-0.2, -0.15) is 0 Å². The molecule has 9 aliphatic rings. The number of β-lactam (4-membered cyclic amide) rings is 2. The van der Waals surface area contributed by atoms with Gasteiger partial charge in [0.2, 0.25) is 46.9 Å². The van der Waals surface area contributed by atoms with E-state index in [0.717, 1.165) is 31.4 Å². The summed E-state index contributed by atoms with van der Waals surface area (Å²) < 4.78 is 32.2. The molecule has 0 aliphatic carbocycles. The molecule has 12 heterocycles. The van der Waals surface area contributed by atoms with E-state index >= 15 is 0 Å². The van der Waals surface area contributed by atoms with Gasteiger partial charge in [0.1, 0.15) is 71.8 Å². The summed E-state index contributed by atoms with van der Waals surface area (Å²) in [5.74, 6) is -10.7. The fraction of sp³-hybridized carbons (Fsp3) is 0.412. The summed E-state index contributed by atoms with van der Waals surface area (Å²) >= 11 is 5.06. The Labute approximate surface area is 894 Å². The summed E-state index contributed by atoms with van der Waals surface area (Å²) in [4.78, 5) is 285. The number of quaternary nitrogens is 1. The minimum Gasteiger partial charge on any atom is -1.00 e. The Morgan fingerprint density at radius 2 is 0.973 bits per heavy atom. The SMILES string of the molecule is CC(=O)NCCO/N=C(\C(=O)C[C@@H]1C(=O)N2[C@@H]1[S@@](=O)C[C@@H]1CC(=O)O[C@@]12C(=O)[O-])c1csc(N)n1.CC(=O)NCCO/N=C(\C(=O)O)c1csc(C)n1.CC(=O)NCCON.CC(=O)NCCON1C(=O)c2ccccc2C1=O.CC(C)(C)OC(=O)NCCON1C(=O)c2ccccc2C1=O.Cc1nc(C(=O)C(=O)O)cs1.Cl.[B]OC(=O)[C@]12OC(=O)C[C@H]1CS[C@@H]1[C@H](N)C(=O)N12.[Cl-].[NH3+]CCON1C(=O)c2ccccc2C1=O.[Na+]. The van der Waals surface area contributed by atoms with Crippen molar-refractivity contribution < 1.29 is 216 Å². The number of aryl methyl sites for hydroxylation is 2. The minimum atomic E-state index is -2.33. The average Bonchev–Trinajstić information content (AvgIpc) is 1.44. The second-order valence-electron chi connectivity index (χ2n) is 31.7. The Morgan fingerprint density at radius 3 is 1.36 bits per heavy atom. The molecule has 0 unspecified atom stereocenters. The molecule has 13 amide bonds. The number of hydrogen-bond donors (Lipinski definition) is 11. The van der Waals surface area contributed by atoms with Crippen LogP contribution in [-0.2, 0) is 121 Å². The first kappa shape index (κ1) is 125. The van der Waals surface area contributed by atoms with E-state index in [1.54, 1.807) is 113 Å². The van der Waals surface area contributed by atoms with Crippen molar-refractivity contribution in [3.8, 4) is 0 Å². The molecule has 9 aliphatic heterocycles. The number of aromatic nitrogens is 3. The number of carboxylic acid groups (broad SMARTS) is 3. The topological polar surface area (TPSA) is 777 Å². The van der Waals surface area contributed by atoms with E-state index in [0.29, 0.717) is 68.9 Å². The van der Waals surface area contributed by atoms with Gasteiger partial charge >= 0.3 is 73.5 Å². The Bertz CT molecular complexity index is 5950. The molecule has 148 heavy (non-hydrogen) atoms. The van der Waals surface area contributed by atoms with Crippen molar-refractivity contribution in [1.82, 2.24) is 66.5 Å². The van der Waals surface area contributed by atoms with E-state index in [1.807, 2.05) is 0 Å². The van der Waals surface area contributed by atoms with Crippen LogP contribution >= 0.6 is 58.2 Å². The summed E-state index contributed by atoms with van der Waals surface area (Å²) in [7, 11) is 3.15. The number of nitrogen functional groups attached to an aromatic ring is 1. The van der Waals surface area contributed by atoms with Gasteiger partial charge < -0.3 is 110 Å². The number of anilines is 1. The van der Waals surface area contributed by atoms with Crippen LogP contribution in [0.4, 0.5) is 9.93 Å². The fourth-order valence-electron chi connectivity index (χ4n) is 13.9. The van der Waals surface area contributed by atoms with Crippen LogP contribution in [-0.4, -0.2) is 322 Å². The maximum Gasteiger partial charge on any atom is 1.00 e. The van der Waals surface area contributed by atoms with Gasteiger partial charge in [0, 0.05) is 104 Å². The third kappa shape index (κ3) is 32.2. The smallest absolute Gasteiger partial charge is 1.00 e. The molecule has 54 nitrogen and oxygen atoms in total. The van der Waals surface area contributed by atoms with E-state index in [9.17, 15) is 110 Å². The number of carboxylic acids is 3. The number of carbonyl (C=O) groups excluding carboxylic acids is 19. The average molecular weight is 2210 g/mol. The van der Waals surface area contributed by atoms with Crippen LogP contribution in [0.15, 0.2) is 99.2 Å². The number of rotatable bonds is 32. The first-order valence-electron chi connectivity index (χ1n) is 43.0. The van der Waals surface area contributed by atoms with Crippen LogP contribution in [0.1, 0.15) is 162 Å². The zero-order chi connectivity index (χ0) is 107. The van der Waals surface area contributed by atoms with Gasteiger partial charge in [0.25, 0.3) is 47.0 Å². The van der Waals surface area contributed by atoms with Crippen molar-refractivity contribution in [2.24, 2.45) is 39.7 Å². The number of nitrogens with one attached hydrogen (secondary N) is 5. The number of amides is 13. The number of thioether (sulfide) groups is 1. The molecule has 2 radical (unpaired) electrons. The molecule has 63 heteroatoms. The summed E-state index contributed by atoms with van der Waals surface area (Å²) in [5, 5.41) is 55.8. The number of alkyl carbamates (subject to hydrolysis) is 1. The molecule has 6 fully saturated rings. The van der Waals surface area contributed by atoms with Crippen LogP contribution in [0, 0.1) is 31.6 Å². The number of halogens is 2. The number of benzene rings is 3. The Kier molecular flexibility index (Phi) is 49.1. The van der Waals surface area contributed by atoms with Crippen LogP contribution < -0.4 is 96.8 Å². The van der Waals surface area contributed by atoms with E-state index in [2.05, 4.69) is 73.0 Å². The predicted molar refractivity (Wildman–Crippen MR) is 506 cm³/mol. The summed E-state index contributed by atoms with van der Waals surface area (Å²) in [6.45, 7) is 16.7. The first-order valence-corrected chi connectivity index (χ1v) is 48.0. The monoisotopic (exact) mass is 2210 g/mol. The largest absolute Gasteiger partial charge is 1.00 e. The van der Waals surface area contributed by atoms with E-state index in [1.165, 1.54) is 77.8 Å². The Balaban J connectivity index is 0.000000306. The van der Waals surface area contributed by atoms with Crippen LogP contribution in [0.2, 0.25) is 0 Å². The molecule has 3 aromatic carbocycles. The van der Waals surface area contributed by atoms with Gasteiger partial charge in [-0.1, -0.05) is 46.7 Å². The number of nitrogens with zero attached hydrogens (tertiary/aromatic N) is 10. The van der Waals surface area contributed by atoms with Crippen molar-refractivity contribution in [3.63, 3.8) is 0 Å². The molecular weight excluding hydrogens is 2110 g/mol. The molecule has 6 saturated heterocycles. The van der Waals surface area contributed by atoms with Crippen molar-refractivity contribution in [2.45, 2.75) is 115 Å². The number of fused-ring (bicyclic) bond motifs is 9. The van der Waals surface area contributed by atoms with Gasteiger partial charge in [-0.15, -0.1) is 73.4 Å². The number of carbonyl (C=O) groups is 21. The van der Waals surface area contributed by atoms with Gasteiger partial charge in [-0.05, 0) is 71.0 Å². The zero-order valence-corrected chi connectivity index (χ0v) is 88.0. The number of aliphatic carboxylic acids is 3. The van der Waals surface area contributed by atoms with Gasteiger partial charge in [-0.3, -0.25) is 105 Å². The maximum atomic E-state index is 13.1. The molecule has 0 bridgehead atoms. The predicted octanol–water partition coefficient (Wildman–Crippen LogP) is -8.69. The Morgan fingerprint density at radius 1 is 0.574 bits per heavy atom. The van der Waals surface area contributed by atoms with Gasteiger partial charge in [-0.25, -0.2) is 40.0 Å². The quantitative estimate of drug-likeness (QED) is 0.00178. The number of oxime groups is 2. The summed E-state index contributed by atoms with van der Waals surface area (Å²) in [6.07, 6.45) is -1.30. The summed E-state index contributed by atoms with van der Waals surface area (Å²) in [5.41, 5.74) is 12.2. The normalized spacial score (nSPS) is 19.8. The fourth-order valence-corrected chi connectivity index (χ4v) is 19.2. The minimum absolute atomic E-state index is 0. The molecule has 16 N–H and O–H groups in total. The van der Waals surface area contributed by atoms with Crippen molar-refractivity contribution >= 4 is 218 Å². The second kappa shape index (κ2) is 58.0. The van der Waals surface area contributed by atoms with E-state index < -0.39 is 164 Å². The molecule has 6 aromatic rings. The van der Waals surface area contributed by atoms with Crippen molar-refractivity contribution in [1.29, 1.82) is 0 Å². The van der Waals surface area contributed by atoms with Crippen molar-refractivity contribution in [2.75, 3.05) is 96.1 Å². The number of imide groups is 3. The summed E-state index contributed by atoms with van der Waals surface area (Å²) in [6, 6.07) is 19.0. The number of ketones is 2. The Hall–Kier alpha value is -13.2. The van der Waals surface area contributed by atoms with Crippen LogP contribution in [0.5, 0.6) is 0 Å². The molecule has 15 rings (SSSR count). The molecule has 0 spiro atoms. The molecule has 792 valence electrons. The number of ether oxygens (including phenoxy) is 3. The van der Waals surface area contributed by atoms with Gasteiger partial charge in [0.05, 0.1) is 95.1 Å². The third-order valence-electron chi connectivity index (χ3n) is 20.1. The number of esters is 2. The third-order valence-corrected chi connectivity index (χ3v) is 25.6. The molecule has 0 saturated carbocycles. The maximum absolute atomic E-state index is 13.1. The molecular formula is C85H99BCl2N19NaO35S5. The second-order valence-corrected chi connectivity index (χ2v) is 37.4. The molecule has 9 atom stereocenters. The zero-order valence-electron chi connectivity index (χ0n) is 80.3. The number of thiazole rings is 3. The number of hydrogen-bond acceptors (Lipinski definition) is 45. The van der Waals surface area contributed by atoms with Crippen LogP contribution in [0.3, 0.4) is 0 Å². The first-order chi connectivity index (χ1) is 68.6. The van der Waals surface area contributed by atoms with Crippen LogP contribution in [0.25, 0.3) is 0 Å². The number of hydroxylamine groups is 6.